The maximum Gasteiger partial charge on any atom is 0.417 e. The van der Waals surface area contributed by atoms with Crippen LogP contribution in [0.2, 0.25) is 5.02 Å². The van der Waals surface area contributed by atoms with E-state index in [1.54, 1.807) is 45.0 Å². The summed E-state index contributed by atoms with van der Waals surface area (Å²) in [6, 6.07) is 8.43. The first kappa shape index (κ1) is 30.3. The topological polar surface area (TPSA) is 95.6 Å². The van der Waals surface area contributed by atoms with Crippen LogP contribution in [-0.4, -0.2) is 45.0 Å². The van der Waals surface area contributed by atoms with Gasteiger partial charge in [0.25, 0.3) is 0 Å². The van der Waals surface area contributed by atoms with Gasteiger partial charge in [0.15, 0.2) is 0 Å². The smallest absolute Gasteiger partial charge is 0.350 e. The van der Waals surface area contributed by atoms with Crippen LogP contribution in [-0.2, 0) is 31.4 Å². The Balaban J connectivity index is 2.29. The quantitative estimate of drug-likeness (QED) is 0.490. The van der Waals surface area contributed by atoms with E-state index in [2.05, 4.69) is 10.6 Å². The Morgan fingerprint density at radius 1 is 1.03 bits per heavy atom. The molecule has 202 valence electrons. The van der Waals surface area contributed by atoms with Crippen molar-refractivity contribution >= 4 is 51.5 Å². The Morgan fingerprint density at radius 2 is 1.62 bits per heavy atom. The average molecular weight is 560 g/mol. The van der Waals surface area contributed by atoms with Crippen LogP contribution < -0.4 is 15.5 Å². The van der Waals surface area contributed by atoms with Crippen molar-refractivity contribution in [2.75, 3.05) is 21.7 Å². The number of hydrogen-bond donors (Lipinski definition) is 2. The predicted molar refractivity (Wildman–Crippen MR) is 139 cm³/mol. The number of carbonyl (C=O) groups is 3. The van der Waals surface area contributed by atoms with Crippen LogP contribution in [0.1, 0.15) is 38.8 Å². The largest absolute Gasteiger partial charge is 0.417 e. The molecule has 2 atom stereocenters. The molecule has 37 heavy (non-hydrogen) atoms. The molecule has 0 bridgehead atoms. The van der Waals surface area contributed by atoms with Crippen molar-refractivity contribution in [2.45, 2.75) is 52.4 Å². The van der Waals surface area contributed by atoms with E-state index in [1.165, 1.54) is 13.0 Å². The SMILES string of the molecule is Cc1ccc(NC(=O)C[S@@](=O)CC(=O)N(c2ccc(Cl)c(C(F)(F)F)c2)[C@@H](C)C(=O)NC(C)(C)C)cc1. The Morgan fingerprint density at radius 3 is 2.16 bits per heavy atom. The molecule has 2 rings (SSSR count). The number of rotatable bonds is 8. The summed E-state index contributed by atoms with van der Waals surface area (Å²) in [6.45, 7) is 8.33. The summed E-state index contributed by atoms with van der Waals surface area (Å²) in [5, 5.41) is 4.67. The molecule has 2 aromatic rings. The van der Waals surface area contributed by atoms with E-state index in [-0.39, 0.29) is 5.69 Å². The fourth-order valence-corrected chi connectivity index (χ4v) is 4.40. The molecule has 12 heteroatoms. The van der Waals surface area contributed by atoms with Gasteiger partial charge in [-0.05, 0) is 65.0 Å². The summed E-state index contributed by atoms with van der Waals surface area (Å²) in [6.07, 6.45) is -4.81. The van der Waals surface area contributed by atoms with Gasteiger partial charge in [-0.25, -0.2) is 0 Å². The van der Waals surface area contributed by atoms with Crippen LogP contribution in [0.15, 0.2) is 42.5 Å². The van der Waals surface area contributed by atoms with Gasteiger partial charge < -0.3 is 10.6 Å². The van der Waals surface area contributed by atoms with E-state index in [0.717, 1.165) is 16.5 Å². The van der Waals surface area contributed by atoms with E-state index in [0.29, 0.717) is 11.8 Å². The molecule has 0 unspecified atom stereocenters. The molecular weight excluding hydrogens is 531 g/mol. The third-order valence-corrected chi connectivity index (χ3v) is 6.46. The molecule has 0 aliphatic carbocycles. The van der Waals surface area contributed by atoms with Crippen LogP contribution in [0.3, 0.4) is 0 Å². The summed E-state index contributed by atoms with van der Waals surface area (Å²) in [5.41, 5.74) is -0.666. The average Bonchev–Trinajstić information content (AvgIpc) is 2.74. The Kier molecular flexibility index (Phi) is 9.90. The molecule has 0 saturated carbocycles. The van der Waals surface area contributed by atoms with Crippen LogP contribution in [0.4, 0.5) is 24.5 Å². The molecule has 0 aliphatic rings. The predicted octanol–water partition coefficient (Wildman–Crippen LogP) is 4.69. The Bertz CT molecular complexity index is 1180. The minimum atomic E-state index is -4.81. The van der Waals surface area contributed by atoms with Crippen LogP contribution in [0.25, 0.3) is 0 Å². The lowest BCUT2D eigenvalue weighted by atomic mass is 10.1. The number of aryl methyl sites for hydroxylation is 1. The van der Waals surface area contributed by atoms with Gasteiger partial charge in [0, 0.05) is 27.7 Å². The van der Waals surface area contributed by atoms with E-state index in [9.17, 15) is 31.8 Å². The van der Waals surface area contributed by atoms with Gasteiger partial charge >= 0.3 is 6.18 Å². The fraction of sp³-hybridized carbons (Fsp3) is 0.400. The van der Waals surface area contributed by atoms with Gasteiger partial charge in [-0.1, -0.05) is 29.3 Å². The zero-order valence-corrected chi connectivity index (χ0v) is 22.6. The maximum atomic E-state index is 13.5. The monoisotopic (exact) mass is 559 g/mol. The summed E-state index contributed by atoms with van der Waals surface area (Å²) in [7, 11) is -2.01. The van der Waals surface area contributed by atoms with Crippen molar-refractivity contribution in [1.82, 2.24) is 5.32 Å². The summed E-state index contributed by atoms with van der Waals surface area (Å²) in [5.74, 6) is -3.35. The van der Waals surface area contributed by atoms with Gasteiger partial charge in [-0.2, -0.15) is 13.2 Å². The molecule has 2 N–H and O–H groups in total. The highest BCUT2D eigenvalue weighted by atomic mass is 35.5. The highest BCUT2D eigenvalue weighted by Gasteiger charge is 2.36. The lowest BCUT2D eigenvalue weighted by Gasteiger charge is -2.31. The van der Waals surface area contributed by atoms with E-state index >= 15 is 0 Å². The lowest BCUT2D eigenvalue weighted by Crippen LogP contribution is -2.53. The number of carbonyl (C=O) groups excluding carboxylic acids is 3. The zero-order valence-electron chi connectivity index (χ0n) is 21.0. The van der Waals surface area contributed by atoms with Crippen molar-refractivity contribution in [2.24, 2.45) is 0 Å². The van der Waals surface area contributed by atoms with Crippen molar-refractivity contribution < 1.29 is 31.8 Å². The molecule has 0 radical (unpaired) electrons. The minimum absolute atomic E-state index is 0.251. The third-order valence-electron chi connectivity index (χ3n) is 4.98. The third kappa shape index (κ3) is 9.15. The standard InChI is InChI=1S/C25H29ClF3N3O4S/c1-15-6-8-17(9-7-15)30-21(33)13-37(36)14-22(34)32(16(2)23(35)31-24(3,4)5)18-10-11-20(26)19(12-18)25(27,28)29/h6-12,16H,13-14H2,1-5H3,(H,30,33)(H,31,35)/t16-,37+/m0/s1. The first-order chi connectivity index (χ1) is 17.0. The number of amides is 3. The van der Waals surface area contributed by atoms with Crippen molar-refractivity contribution in [3.8, 4) is 0 Å². The van der Waals surface area contributed by atoms with Gasteiger partial charge in [0.1, 0.15) is 17.5 Å². The second kappa shape index (κ2) is 12.1. The fourth-order valence-electron chi connectivity index (χ4n) is 3.29. The number of nitrogens with one attached hydrogen (secondary N) is 2. The molecule has 0 aliphatic heterocycles. The van der Waals surface area contributed by atoms with E-state index in [4.69, 9.17) is 11.6 Å². The summed E-state index contributed by atoms with van der Waals surface area (Å²) in [4.78, 5) is 39.1. The van der Waals surface area contributed by atoms with Crippen LogP contribution in [0, 0.1) is 6.92 Å². The lowest BCUT2D eigenvalue weighted by molar-refractivity contribution is -0.137. The number of halogens is 4. The second-order valence-corrected chi connectivity index (χ2v) is 11.3. The normalized spacial score (nSPS) is 13.4. The summed E-state index contributed by atoms with van der Waals surface area (Å²) < 4.78 is 53.1. The molecule has 0 spiro atoms. The first-order valence-corrected chi connectivity index (χ1v) is 13.1. The van der Waals surface area contributed by atoms with Crippen LogP contribution >= 0.6 is 11.6 Å². The van der Waals surface area contributed by atoms with Gasteiger partial charge in [0.05, 0.1) is 10.6 Å². The Hall–Kier alpha value is -2.92. The molecule has 3 amide bonds. The second-order valence-electron chi connectivity index (χ2n) is 9.48. The van der Waals surface area contributed by atoms with E-state index in [1.807, 2.05) is 6.92 Å². The number of nitrogens with zero attached hydrogens (tertiary/aromatic N) is 1. The molecular formula is C25H29ClF3N3O4S. The van der Waals surface area contributed by atoms with Crippen LogP contribution in [0.5, 0.6) is 0 Å². The maximum absolute atomic E-state index is 13.5. The molecule has 0 fully saturated rings. The van der Waals surface area contributed by atoms with Gasteiger partial charge in [0.2, 0.25) is 17.7 Å². The van der Waals surface area contributed by atoms with Crippen molar-refractivity contribution in [3.63, 3.8) is 0 Å². The number of benzene rings is 2. The highest BCUT2D eigenvalue weighted by molar-refractivity contribution is 7.86. The minimum Gasteiger partial charge on any atom is -0.350 e. The molecule has 0 saturated heterocycles. The molecule has 0 heterocycles. The van der Waals surface area contributed by atoms with Gasteiger partial charge in [-0.3, -0.25) is 23.5 Å². The first-order valence-electron chi connectivity index (χ1n) is 11.2. The van der Waals surface area contributed by atoms with Crippen molar-refractivity contribution in [3.05, 3.63) is 58.6 Å². The highest BCUT2D eigenvalue weighted by Crippen LogP contribution is 2.37. The molecule has 2 aromatic carbocycles. The van der Waals surface area contributed by atoms with Gasteiger partial charge in [-0.15, -0.1) is 0 Å². The van der Waals surface area contributed by atoms with E-state index < -0.39 is 68.4 Å². The molecule has 7 nitrogen and oxygen atoms in total. The number of hydrogen-bond acceptors (Lipinski definition) is 4. The number of alkyl halides is 3. The molecule has 0 aromatic heterocycles. The summed E-state index contributed by atoms with van der Waals surface area (Å²) >= 11 is 5.72. The van der Waals surface area contributed by atoms with Crippen molar-refractivity contribution in [1.29, 1.82) is 0 Å². The zero-order chi connectivity index (χ0) is 28.1. The number of anilines is 2. The Labute approximate surface area is 221 Å².